The molecule has 9 aromatic carbocycles. The fourth-order valence-electron chi connectivity index (χ4n) is 9.34. The van der Waals surface area contributed by atoms with E-state index in [1.807, 2.05) is 0 Å². The molecule has 0 bridgehead atoms. The Morgan fingerprint density at radius 3 is 1.26 bits per heavy atom. The smallest absolute Gasteiger partial charge is 0.0641 e. The van der Waals surface area contributed by atoms with Crippen LogP contribution in [0.25, 0.3) is 105 Å². The maximum atomic E-state index is 2.47. The third kappa shape index (κ3) is 4.79. The molecule has 0 saturated carbocycles. The summed E-state index contributed by atoms with van der Waals surface area (Å²) in [4.78, 5) is 0. The molecule has 0 aliphatic carbocycles. The van der Waals surface area contributed by atoms with Crippen LogP contribution in [-0.2, 0) is 0 Å². The van der Waals surface area contributed by atoms with E-state index in [-0.39, 0.29) is 0 Å². The van der Waals surface area contributed by atoms with Crippen LogP contribution in [0.2, 0.25) is 0 Å². The normalized spacial score (nSPS) is 11.9. The van der Waals surface area contributed by atoms with Crippen LogP contribution in [0.5, 0.6) is 0 Å². The highest BCUT2D eigenvalue weighted by Gasteiger charge is 2.21. The summed E-state index contributed by atoms with van der Waals surface area (Å²) in [5, 5.41) is 7.53. The molecule has 12 rings (SSSR count). The van der Waals surface area contributed by atoms with E-state index < -0.39 is 0 Å². The lowest BCUT2D eigenvalue weighted by molar-refractivity contribution is 1.17. The van der Waals surface area contributed by atoms with Crippen LogP contribution in [-0.4, -0.2) is 13.7 Å². The number of rotatable bonds is 5. The number of hydrogen-bond donors (Lipinski definition) is 0. The highest BCUT2D eigenvalue weighted by molar-refractivity contribution is 6.26. The third-order valence-electron chi connectivity index (χ3n) is 11.8. The van der Waals surface area contributed by atoms with Crippen molar-refractivity contribution in [3.05, 3.63) is 212 Å². The Labute approximate surface area is 329 Å². The summed E-state index contributed by atoms with van der Waals surface area (Å²) in [6.07, 6.45) is 0. The Balaban J connectivity index is 1.05. The largest absolute Gasteiger partial charge is 0.309 e. The summed E-state index contributed by atoms with van der Waals surface area (Å²) in [6, 6.07) is 77.4. The van der Waals surface area contributed by atoms with Crippen LogP contribution in [0.4, 0.5) is 0 Å². The lowest BCUT2D eigenvalue weighted by atomic mass is 10.0. The molecule has 0 radical (unpaired) electrons. The topological polar surface area (TPSA) is 14.8 Å². The van der Waals surface area contributed by atoms with Gasteiger partial charge in [0.15, 0.2) is 0 Å². The molecule has 57 heavy (non-hydrogen) atoms. The molecule has 0 saturated heterocycles. The molecule has 0 N–H and O–H groups in total. The van der Waals surface area contributed by atoms with Crippen molar-refractivity contribution in [2.45, 2.75) is 0 Å². The minimum Gasteiger partial charge on any atom is -0.309 e. The van der Waals surface area contributed by atoms with Gasteiger partial charge in [0.1, 0.15) is 0 Å². The fourth-order valence-corrected chi connectivity index (χ4v) is 9.34. The lowest BCUT2D eigenvalue weighted by Gasteiger charge is -2.13. The predicted octanol–water partition coefficient (Wildman–Crippen LogP) is 14.3. The van der Waals surface area contributed by atoms with Gasteiger partial charge < -0.3 is 13.7 Å². The van der Waals surface area contributed by atoms with E-state index in [1.54, 1.807) is 0 Å². The highest BCUT2D eigenvalue weighted by Crippen LogP contribution is 2.43. The average Bonchev–Trinajstić information content (AvgIpc) is 3.93. The van der Waals surface area contributed by atoms with E-state index in [9.17, 15) is 0 Å². The molecule has 0 aliphatic heterocycles. The van der Waals surface area contributed by atoms with Crippen molar-refractivity contribution in [2.75, 3.05) is 0 Å². The zero-order valence-corrected chi connectivity index (χ0v) is 31.0. The summed E-state index contributed by atoms with van der Waals surface area (Å²) in [7, 11) is 0. The lowest BCUT2D eigenvalue weighted by Crippen LogP contribution is -1.96. The van der Waals surface area contributed by atoms with Crippen LogP contribution in [0.1, 0.15) is 0 Å². The number of para-hydroxylation sites is 4. The van der Waals surface area contributed by atoms with Gasteiger partial charge in [0.05, 0.1) is 33.1 Å². The second kappa shape index (κ2) is 12.5. The van der Waals surface area contributed by atoms with Crippen molar-refractivity contribution in [3.8, 4) is 39.3 Å². The average molecular weight is 726 g/mol. The van der Waals surface area contributed by atoms with Gasteiger partial charge >= 0.3 is 0 Å². The van der Waals surface area contributed by atoms with Crippen LogP contribution in [0.15, 0.2) is 212 Å². The summed E-state index contributed by atoms with van der Waals surface area (Å²) in [5.41, 5.74) is 15.5. The second-order valence-corrected chi connectivity index (χ2v) is 14.9. The van der Waals surface area contributed by atoms with Gasteiger partial charge in [-0.05, 0) is 89.0 Å². The van der Waals surface area contributed by atoms with Crippen LogP contribution in [0.3, 0.4) is 0 Å². The van der Waals surface area contributed by atoms with Crippen molar-refractivity contribution in [2.24, 2.45) is 0 Å². The SMILES string of the molecule is c1ccc(-c2ccc(-n3c4ccccc4c4ccc5c(c6ccccc6n5-c5cccc(-c6cccc(-n7c8ccccc8c8ccccc87)c6)c5)c43)cc2)cc1. The number of benzene rings is 9. The monoisotopic (exact) mass is 725 g/mol. The van der Waals surface area contributed by atoms with Gasteiger partial charge in [0, 0.05) is 49.4 Å². The highest BCUT2D eigenvalue weighted by atomic mass is 15.0. The van der Waals surface area contributed by atoms with Gasteiger partial charge in [-0.2, -0.15) is 0 Å². The van der Waals surface area contributed by atoms with Gasteiger partial charge in [-0.15, -0.1) is 0 Å². The minimum absolute atomic E-state index is 1.13. The predicted molar refractivity (Wildman–Crippen MR) is 240 cm³/mol. The number of aromatic nitrogens is 3. The number of hydrogen-bond acceptors (Lipinski definition) is 0. The Morgan fingerprint density at radius 2 is 0.667 bits per heavy atom. The second-order valence-electron chi connectivity index (χ2n) is 14.9. The fraction of sp³-hybridized carbons (Fsp3) is 0. The zero-order chi connectivity index (χ0) is 37.5. The first-order chi connectivity index (χ1) is 28.3. The van der Waals surface area contributed by atoms with Crippen molar-refractivity contribution in [3.63, 3.8) is 0 Å². The zero-order valence-electron chi connectivity index (χ0n) is 31.0. The Morgan fingerprint density at radius 1 is 0.228 bits per heavy atom. The maximum absolute atomic E-state index is 2.47. The Kier molecular flexibility index (Phi) is 6.93. The van der Waals surface area contributed by atoms with Crippen molar-refractivity contribution < 1.29 is 0 Å². The van der Waals surface area contributed by atoms with E-state index in [0.29, 0.717) is 0 Å². The van der Waals surface area contributed by atoms with Crippen LogP contribution in [0, 0.1) is 0 Å². The molecule has 266 valence electrons. The molecule has 3 heterocycles. The summed E-state index contributed by atoms with van der Waals surface area (Å²) in [5.74, 6) is 0. The van der Waals surface area contributed by atoms with E-state index >= 15 is 0 Å². The first-order valence-corrected chi connectivity index (χ1v) is 19.6. The summed E-state index contributed by atoms with van der Waals surface area (Å²) >= 11 is 0. The molecule has 3 nitrogen and oxygen atoms in total. The molecule has 0 spiro atoms. The van der Waals surface area contributed by atoms with Crippen LogP contribution >= 0.6 is 0 Å². The van der Waals surface area contributed by atoms with Gasteiger partial charge in [-0.3, -0.25) is 0 Å². The number of fused-ring (bicyclic) bond motifs is 10. The molecule has 0 fully saturated rings. The molecular formula is C54H35N3. The first-order valence-electron chi connectivity index (χ1n) is 19.6. The number of nitrogens with zero attached hydrogens (tertiary/aromatic N) is 3. The molecule has 0 amide bonds. The Bertz CT molecular complexity index is 3450. The standard InChI is InChI=1S/C54H35N3/c1-2-14-36(15-3-1)37-28-30-40(31-29-37)57-50-26-10-6-22-45(50)46-32-33-52-53(54(46)57)47-23-7-11-27-51(47)56(52)42-19-13-17-39(35-42)38-16-12-18-41(34-38)55-48-24-8-4-20-43(48)44-21-5-9-25-49(44)55/h1-35H. The van der Waals surface area contributed by atoms with E-state index in [2.05, 4.69) is 226 Å². The van der Waals surface area contributed by atoms with Gasteiger partial charge in [-0.1, -0.05) is 146 Å². The molecule has 3 aromatic heterocycles. The quantitative estimate of drug-likeness (QED) is 0.168. The molecule has 0 atom stereocenters. The molecule has 0 unspecified atom stereocenters. The molecule has 12 aromatic rings. The molecular weight excluding hydrogens is 691 g/mol. The minimum atomic E-state index is 1.13. The van der Waals surface area contributed by atoms with Crippen LogP contribution < -0.4 is 0 Å². The Hall–Kier alpha value is -7.62. The molecule has 3 heteroatoms. The van der Waals surface area contributed by atoms with Crippen molar-refractivity contribution in [1.82, 2.24) is 13.7 Å². The summed E-state index contributed by atoms with van der Waals surface area (Å²) < 4.78 is 7.31. The summed E-state index contributed by atoms with van der Waals surface area (Å²) in [6.45, 7) is 0. The van der Waals surface area contributed by atoms with E-state index in [4.69, 9.17) is 0 Å². The van der Waals surface area contributed by atoms with Crippen molar-refractivity contribution in [1.29, 1.82) is 0 Å². The van der Waals surface area contributed by atoms with Gasteiger partial charge in [-0.25, -0.2) is 0 Å². The first kappa shape index (κ1) is 31.7. The van der Waals surface area contributed by atoms with E-state index in [0.717, 1.165) is 17.1 Å². The van der Waals surface area contributed by atoms with Crippen molar-refractivity contribution >= 4 is 65.4 Å². The van der Waals surface area contributed by atoms with Gasteiger partial charge in [0.2, 0.25) is 0 Å². The molecule has 0 aliphatic rings. The third-order valence-corrected chi connectivity index (χ3v) is 11.8. The van der Waals surface area contributed by atoms with E-state index in [1.165, 1.54) is 87.7 Å². The van der Waals surface area contributed by atoms with Gasteiger partial charge in [0.25, 0.3) is 0 Å². The maximum Gasteiger partial charge on any atom is 0.0641 e.